The zero-order valence-corrected chi connectivity index (χ0v) is 8.72. The van der Waals surface area contributed by atoms with Crippen LogP contribution in [-0.4, -0.2) is 24.4 Å². The van der Waals surface area contributed by atoms with Gasteiger partial charge in [-0.25, -0.2) is 0 Å². The summed E-state index contributed by atoms with van der Waals surface area (Å²) in [5.74, 6) is -0.466. The van der Waals surface area contributed by atoms with Crippen molar-refractivity contribution in [3.05, 3.63) is 11.1 Å². The van der Waals surface area contributed by atoms with E-state index in [1.807, 2.05) is 6.92 Å². The molecule has 0 aliphatic heterocycles. The molecule has 1 rings (SSSR count). The van der Waals surface area contributed by atoms with Gasteiger partial charge in [-0.3, -0.25) is 9.59 Å². The molecule has 0 heterocycles. The minimum Gasteiger partial charge on any atom is -0.468 e. The minimum atomic E-state index is -1.03. The smallest absolute Gasteiger partial charge is 0.326 e. The van der Waals surface area contributed by atoms with Crippen LogP contribution < -0.4 is 5.73 Å². The van der Waals surface area contributed by atoms with E-state index in [1.54, 1.807) is 0 Å². The fraction of sp³-hybridized carbons (Fsp3) is 0.600. The Labute approximate surface area is 83.1 Å². The summed E-state index contributed by atoms with van der Waals surface area (Å²) in [4.78, 5) is 22.6. The van der Waals surface area contributed by atoms with Crippen molar-refractivity contribution in [2.24, 2.45) is 5.73 Å². The minimum absolute atomic E-state index is 0.0151. The standard InChI is InChI=1S/C10H15NO3/c1-6-4-10(11,9(13)14-3)5-8(6)7(2)12/h4-5,11H2,1-3H3/t10-/m1/s1. The molecule has 1 aliphatic rings. The molecule has 4 nitrogen and oxygen atoms in total. The summed E-state index contributed by atoms with van der Waals surface area (Å²) in [6, 6.07) is 0. The fourth-order valence-corrected chi connectivity index (χ4v) is 1.88. The van der Waals surface area contributed by atoms with Gasteiger partial charge in [-0.05, 0) is 25.8 Å². The van der Waals surface area contributed by atoms with Gasteiger partial charge in [0.1, 0.15) is 5.54 Å². The van der Waals surface area contributed by atoms with E-state index in [1.165, 1.54) is 14.0 Å². The molecule has 4 heteroatoms. The molecule has 0 aromatic rings. The van der Waals surface area contributed by atoms with Crippen molar-refractivity contribution in [3.8, 4) is 0 Å². The van der Waals surface area contributed by atoms with E-state index in [0.717, 1.165) is 5.57 Å². The second-order valence-corrected chi connectivity index (χ2v) is 3.82. The van der Waals surface area contributed by atoms with E-state index in [0.29, 0.717) is 18.4 Å². The lowest BCUT2D eigenvalue weighted by molar-refractivity contribution is -0.146. The topological polar surface area (TPSA) is 69.4 Å². The second-order valence-electron chi connectivity index (χ2n) is 3.82. The van der Waals surface area contributed by atoms with Gasteiger partial charge in [0, 0.05) is 6.42 Å². The lowest BCUT2D eigenvalue weighted by Gasteiger charge is -2.20. The largest absolute Gasteiger partial charge is 0.468 e. The summed E-state index contributed by atoms with van der Waals surface area (Å²) in [7, 11) is 1.30. The third-order valence-corrected chi connectivity index (χ3v) is 2.60. The van der Waals surface area contributed by atoms with Crippen LogP contribution >= 0.6 is 0 Å². The van der Waals surface area contributed by atoms with Gasteiger partial charge in [0.05, 0.1) is 7.11 Å². The van der Waals surface area contributed by atoms with Crippen molar-refractivity contribution >= 4 is 11.8 Å². The first kappa shape index (κ1) is 10.9. The molecule has 14 heavy (non-hydrogen) atoms. The maximum absolute atomic E-state index is 11.4. The van der Waals surface area contributed by atoms with E-state index in [9.17, 15) is 9.59 Å². The second kappa shape index (κ2) is 3.53. The molecule has 0 fully saturated rings. The third kappa shape index (κ3) is 1.70. The molecule has 1 atom stereocenters. The van der Waals surface area contributed by atoms with Gasteiger partial charge >= 0.3 is 5.97 Å². The molecular formula is C10H15NO3. The van der Waals surface area contributed by atoms with E-state index in [-0.39, 0.29) is 5.78 Å². The molecule has 0 bridgehead atoms. The van der Waals surface area contributed by atoms with Crippen LogP contribution in [0.25, 0.3) is 0 Å². The van der Waals surface area contributed by atoms with Gasteiger partial charge in [-0.1, -0.05) is 5.57 Å². The fourth-order valence-electron chi connectivity index (χ4n) is 1.88. The number of hydrogen-bond acceptors (Lipinski definition) is 4. The van der Waals surface area contributed by atoms with Crippen molar-refractivity contribution in [1.29, 1.82) is 0 Å². The van der Waals surface area contributed by atoms with Crippen molar-refractivity contribution < 1.29 is 14.3 Å². The van der Waals surface area contributed by atoms with E-state index >= 15 is 0 Å². The highest BCUT2D eigenvalue weighted by Gasteiger charge is 2.42. The first-order valence-electron chi connectivity index (χ1n) is 4.47. The number of esters is 1. The van der Waals surface area contributed by atoms with E-state index in [4.69, 9.17) is 5.73 Å². The summed E-state index contributed by atoms with van der Waals surface area (Å²) in [6.07, 6.45) is 0.704. The Morgan fingerprint density at radius 3 is 2.36 bits per heavy atom. The Bertz CT molecular complexity index is 319. The highest BCUT2D eigenvalue weighted by molar-refractivity contribution is 5.97. The van der Waals surface area contributed by atoms with Crippen LogP contribution in [0.3, 0.4) is 0 Å². The van der Waals surface area contributed by atoms with Crippen molar-refractivity contribution in [2.45, 2.75) is 32.2 Å². The van der Waals surface area contributed by atoms with E-state index in [2.05, 4.69) is 4.74 Å². The number of carbonyl (C=O) groups excluding carboxylic acids is 2. The van der Waals surface area contributed by atoms with Crippen LogP contribution in [-0.2, 0) is 14.3 Å². The van der Waals surface area contributed by atoms with Gasteiger partial charge in [0.15, 0.2) is 5.78 Å². The van der Waals surface area contributed by atoms with E-state index < -0.39 is 11.5 Å². The maximum atomic E-state index is 11.4. The summed E-state index contributed by atoms with van der Waals surface area (Å²) >= 11 is 0. The van der Waals surface area contributed by atoms with Gasteiger partial charge in [-0.2, -0.15) is 0 Å². The van der Waals surface area contributed by atoms with Crippen LogP contribution in [0.15, 0.2) is 11.1 Å². The number of nitrogens with two attached hydrogens (primary N) is 1. The Morgan fingerprint density at radius 1 is 1.43 bits per heavy atom. The Hall–Kier alpha value is -1.16. The molecule has 0 radical (unpaired) electrons. The molecular weight excluding hydrogens is 182 g/mol. The quantitative estimate of drug-likeness (QED) is 0.656. The molecule has 0 unspecified atom stereocenters. The highest BCUT2D eigenvalue weighted by atomic mass is 16.5. The monoisotopic (exact) mass is 197 g/mol. The summed E-state index contributed by atoms with van der Waals surface area (Å²) < 4.78 is 4.61. The van der Waals surface area contributed by atoms with Crippen molar-refractivity contribution in [1.82, 2.24) is 0 Å². The Morgan fingerprint density at radius 2 is 2.00 bits per heavy atom. The summed E-state index contributed by atoms with van der Waals surface area (Å²) in [6.45, 7) is 3.32. The molecule has 0 saturated heterocycles. The SMILES string of the molecule is COC(=O)[C@@]1(N)CC(C)=C(C(C)=O)C1. The lowest BCUT2D eigenvalue weighted by atomic mass is 9.95. The zero-order valence-electron chi connectivity index (χ0n) is 8.72. The molecule has 2 N–H and O–H groups in total. The van der Waals surface area contributed by atoms with Crippen LogP contribution in [0.5, 0.6) is 0 Å². The van der Waals surface area contributed by atoms with Gasteiger partial charge < -0.3 is 10.5 Å². The molecule has 0 spiro atoms. The van der Waals surface area contributed by atoms with Gasteiger partial charge in [0.2, 0.25) is 0 Å². The number of rotatable bonds is 2. The molecule has 78 valence electrons. The highest BCUT2D eigenvalue weighted by Crippen LogP contribution is 2.34. The lowest BCUT2D eigenvalue weighted by Crippen LogP contribution is -2.47. The van der Waals surface area contributed by atoms with Crippen LogP contribution in [0, 0.1) is 0 Å². The summed E-state index contributed by atoms with van der Waals surface area (Å²) in [5.41, 5.74) is 6.39. The predicted octanol–water partition coefficient (Wildman–Crippen LogP) is 0.556. The average molecular weight is 197 g/mol. The first-order valence-corrected chi connectivity index (χ1v) is 4.47. The maximum Gasteiger partial charge on any atom is 0.326 e. The average Bonchev–Trinajstić information content (AvgIpc) is 2.42. The third-order valence-electron chi connectivity index (χ3n) is 2.60. The molecule has 0 aromatic heterocycles. The predicted molar refractivity (Wildman–Crippen MR) is 51.5 cm³/mol. The number of hydrogen-bond donors (Lipinski definition) is 1. The first-order chi connectivity index (χ1) is 6.40. The molecule has 1 aliphatic carbocycles. The number of carbonyl (C=O) groups is 2. The number of ether oxygens (including phenoxy) is 1. The molecule has 0 amide bonds. The summed E-state index contributed by atoms with van der Waals surface area (Å²) in [5, 5.41) is 0. The van der Waals surface area contributed by atoms with Crippen LogP contribution in [0.2, 0.25) is 0 Å². The Balaban J connectivity index is 2.88. The normalized spacial score (nSPS) is 26.6. The molecule has 0 saturated carbocycles. The number of methoxy groups -OCH3 is 1. The number of ketones is 1. The molecule has 0 aromatic carbocycles. The number of Topliss-reactive ketones (excluding diaryl/α,β-unsaturated/α-hetero) is 1. The van der Waals surface area contributed by atoms with Crippen molar-refractivity contribution in [3.63, 3.8) is 0 Å². The van der Waals surface area contributed by atoms with Gasteiger partial charge in [0.25, 0.3) is 0 Å². The Kier molecular flexibility index (Phi) is 2.76. The zero-order chi connectivity index (χ0) is 10.9. The van der Waals surface area contributed by atoms with Crippen LogP contribution in [0.4, 0.5) is 0 Å². The van der Waals surface area contributed by atoms with Gasteiger partial charge in [-0.15, -0.1) is 0 Å². The van der Waals surface area contributed by atoms with Crippen molar-refractivity contribution in [2.75, 3.05) is 7.11 Å². The van der Waals surface area contributed by atoms with Crippen LogP contribution in [0.1, 0.15) is 26.7 Å².